The molecular weight excluding hydrogens is 1950 g/mol. The van der Waals surface area contributed by atoms with Gasteiger partial charge in [-0.05, 0) is 219 Å². The maximum Gasteiger partial charge on any atom is 0.192 e. The van der Waals surface area contributed by atoms with E-state index >= 15 is 0 Å². The van der Waals surface area contributed by atoms with Crippen molar-refractivity contribution >= 4 is 41.6 Å². The van der Waals surface area contributed by atoms with Crippen LogP contribution < -0.4 is 5.32 Å². The van der Waals surface area contributed by atoms with E-state index in [-0.39, 0.29) is 97.4 Å². The quantitative estimate of drug-likeness (QED) is 0.0256. The number of likely N-dealkylation sites (N-methyl/N-ethyl adjacent to an activating group) is 9. The molecular formula is C110H254N18O15Si5. The highest BCUT2D eigenvalue weighted by Crippen LogP contribution is 2.40. The predicted octanol–water partition coefficient (Wildman–Crippen LogP) is 9.96. The molecule has 0 atom stereocenters. The first-order chi connectivity index (χ1) is 69.0. The third-order valence-corrected chi connectivity index (χ3v) is 54.1. The normalized spacial score (nSPS) is 13.7. The Morgan fingerprint density at radius 1 is 0.196 bits per heavy atom. The molecule has 9 N–H and O–H groups in total. The summed E-state index contributed by atoms with van der Waals surface area (Å²) in [5.74, 6) is 0. The molecule has 0 aromatic heterocycles. The van der Waals surface area contributed by atoms with Crippen molar-refractivity contribution in [3.8, 4) is 0 Å². The van der Waals surface area contributed by atoms with Gasteiger partial charge in [0.1, 0.15) is 0 Å². The van der Waals surface area contributed by atoms with Crippen LogP contribution >= 0.6 is 0 Å². The fourth-order valence-corrected chi connectivity index (χ4v) is 21.5. The van der Waals surface area contributed by atoms with Crippen molar-refractivity contribution in [2.45, 2.75) is 286 Å². The molecule has 0 unspecified atom stereocenters. The van der Waals surface area contributed by atoms with Crippen molar-refractivity contribution in [1.29, 1.82) is 0 Å². The first-order valence-electron chi connectivity index (χ1n) is 58.0. The summed E-state index contributed by atoms with van der Waals surface area (Å²) in [6.45, 7) is 111. The van der Waals surface area contributed by atoms with Crippen molar-refractivity contribution < 1.29 is 72.5 Å². The first-order valence-corrected chi connectivity index (χ1v) is 72.6. The summed E-state index contributed by atoms with van der Waals surface area (Å²) in [5.41, 5.74) is 0. The molecule has 0 heterocycles. The lowest BCUT2D eigenvalue weighted by Crippen LogP contribution is -2.50. The van der Waals surface area contributed by atoms with E-state index in [9.17, 15) is 40.9 Å². The van der Waals surface area contributed by atoms with E-state index in [2.05, 4.69) is 329 Å². The van der Waals surface area contributed by atoms with E-state index in [1.54, 1.807) is 0 Å². The smallest absolute Gasteiger partial charge is 0.192 e. The van der Waals surface area contributed by atoms with Crippen LogP contribution in [0.25, 0.3) is 0 Å². The average Bonchev–Trinajstić information content (AvgIpc) is 0.853. The zero-order valence-electron chi connectivity index (χ0n) is 105. The molecule has 148 heavy (non-hydrogen) atoms. The first kappa shape index (κ1) is 152. The minimum Gasteiger partial charge on any atom is -0.416 e. The number of ether oxygens (including phenoxy) is 2. The monoisotopic (exact) mass is 2210 g/mol. The van der Waals surface area contributed by atoms with E-state index in [0.29, 0.717) is 110 Å². The molecule has 0 spiro atoms. The Kier molecular flexibility index (Phi) is 86.1. The lowest BCUT2D eigenvalue weighted by molar-refractivity contribution is -0.0604. The van der Waals surface area contributed by atoms with Gasteiger partial charge in [-0.2, -0.15) is 0 Å². The van der Waals surface area contributed by atoms with Crippen molar-refractivity contribution in [3.05, 3.63) is 0 Å². The molecule has 0 aliphatic carbocycles. The molecule has 0 aromatic carbocycles. The molecule has 38 heteroatoms. The minimum atomic E-state index is -1.88. The average molecular weight is 2210 g/mol. The van der Waals surface area contributed by atoms with Crippen LogP contribution in [0.5, 0.6) is 0 Å². The molecule has 0 aliphatic rings. The number of hydrogen-bond donors (Lipinski definition) is 9. The van der Waals surface area contributed by atoms with Gasteiger partial charge in [-0.25, -0.2) is 0 Å². The molecule has 894 valence electrons. The van der Waals surface area contributed by atoms with E-state index in [4.69, 9.17) is 31.6 Å². The molecule has 0 radical (unpaired) electrons. The lowest BCUT2D eigenvalue weighted by atomic mass is 10.2. The Hall–Kier alpha value is -0.236. The number of rotatable bonds is 93. The number of nitrogens with one attached hydrogen (secondary N) is 1. The van der Waals surface area contributed by atoms with Gasteiger partial charge in [0.25, 0.3) is 0 Å². The number of nitrogens with zero attached hydrogens (tertiary/aromatic N) is 17. The van der Waals surface area contributed by atoms with Crippen LogP contribution in [0.1, 0.15) is 171 Å². The van der Waals surface area contributed by atoms with Gasteiger partial charge in [0.05, 0.1) is 77.3 Å². The Morgan fingerprint density at radius 3 is 0.446 bits per heavy atom. The third kappa shape index (κ3) is 74.3. The van der Waals surface area contributed by atoms with Gasteiger partial charge < -0.3 is 127 Å². The molecule has 0 aromatic rings. The predicted molar refractivity (Wildman–Crippen MR) is 643 cm³/mol. The van der Waals surface area contributed by atoms with E-state index in [1.165, 1.54) is 38.6 Å². The van der Waals surface area contributed by atoms with Crippen LogP contribution in [-0.4, -0.2) is 627 Å². The molecule has 0 rings (SSSR count). The Balaban J connectivity index is -0.00000258. The van der Waals surface area contributed by atoms with Crippen LogP contribution in [0.4, 0.5) is 0 Å². The topological polar surface area (TPSA) is 294 Å². The number of aliphatic hydroxyl groups is 8. The molecule has 0 amide bonds. The summed E-state index contributed by atoms with van der Waals surface area (Å²) in [7, 11) is 10.4. The zero-order valence-corrected chi connectivity index (χ0v) is 110. The molecule has 0 aliphatic heterocycles. The lowest BCUT2D eigenvalue weighted by Gasteiger charge is -2.38. The molecule has 0 saturated carbocycles. The second kappa shape index (κ2) is 83.9. The largest absolute Gasteiger partial charge is 0.416 e. The molecule has 0 bridgehead atoms. The minimum absolute atomic E-state index is 0.0183. The summed E-state index contributed by atoms with van der Waals surface area (Å²) in [5, 5.41) is 80.0. The van der Waals surface area contributed by atoms with E-state index in [1.807, 2.05) is 26.6 Å². The van der Waals surface area contributed by atoms with Crippen LogP contribution in [0.15, 0.2) is 0 Å². The van der Waals surface area contributed by atoms with E-state index < -0.39 is 41.6 Å². The van der Waals surface area contributed by atoms with Crippen LogP contribution in [0.2, 0.25) is 90.7 Å². The van der Waals surface area contributed by atoms with Crippen LogP contribution in [0.3, 0.4) is 0 Å². The van der Waals surface area contributed by atoms with Crippen molar-refractivity contribution in [1.82, 2.24) is 88.6 Å². The second-order valence-electron chi connectivity index (χ2n) is 50.4. The summed E-state index contributed by atoms with van der Waals surface area (Å²) in [6, 6.07) is 0. The van der Waals surface area contributed by atoms with Gasteiger partial charge in [0.2, 0.25) is 0 Å². The Bertz CT molecular complexity index is 2720. The third-order valence-electron chi connectivity index (χ3n) is 31.4. The molecule has 33 nitrogen and oxygen atoms in total. The molecule has 0 saturated heterocycles. The summed E-state index contributed by atoms with van der Waals surface area (Å²) < 4.78 is 48.0. The SMILES string of the molecule is CCCN(CCC)CCN(C)CC(CN(C)CCN(CCC)CCC)OC(CN(C)CCN(CCO[Si](C)(C)C(C)(C)C)CCO[Si](C)(C)C(C)(C)C)CN(C)CCN(CCO[Si](C)(C)C(C)(C)C)CCO[Si](C)(C)C(C)(C)C.CCCN(CCNC)CCO[Si](C)(C)C(C)(C)C.CN(CCN(CCO)CCO)CC(CN(C)CCN(CCO)CCO)OC(CN(C)CCN(CCO)CCO)CN(C)CCN(CCO)CCO. The van der Waals surface area contributed by atoms with Gasteiger partial charge >= 0.3 is 0 Å². The molecule has 0 fully saturated rings. The van der Waals surface area contributed by atoms with Crippen molar-refractivity contribution in [2.75, 3.05) is 437 Å². The Morgan fingerprint density at radius 2 is 0.324 bits per heavy atom. The van der Waals surface area contributed by atoms with Crippen molar-refractivity contribution in [3.63, 3.8) is 0 Å². The maximum absolute atomic E-state index is 9.47. The van der Waals surface area contributed by atoms with Gasteiger partial charge in [0, 0.05) is 288 Å². The fraction of sp³-hybridized carbons (Fsp3) is 1.00. The Labute approximate surface area is 920 Å². The van der Waals surface area contributed by atoms with Gasteiger partial charge in [-0.1, -0.05) is 138 Å². The van der Waals surface area contributed by atoms with Crippen LogP contribution in [0, 0.1) is 0 Å². The highest BCUT2D eigenvalue weighted by Gasteiger charge is 2.42. The van der Waals surface area contributed by atoms with Gasteiger partial charge in [0.15, 0.2) is 41.6 Å². The number of hydrogen-bond acceptors (Lipinski definition) is 33. The zero-order chi connectivity index (χ0) is 114. The summed E-state index contributed by atoms with van der Waals surface area (Å²) in [4.78, 5) is 40.2. The summed E-state index contributed by atoms with van der Waals surface area (Å²) >= 11 is 0. The number of aliphatic hydroxyl groups excluding tert-OH is 8. The fourth-order valence-electron chi connectivity index (χ4n) is 16.4. The highest BCUT2D eigenvalue weighted by atomic mass is 28.4. The summed E-state index contributed by atoms with van der Waals surface area (Å²) in [6.07, 6.45) is 5.72. The van der Waals surface area contributed by atoms with Gasteiger partial charge in [-0.15, -0.1) is 0 Å². The van der Waals surface area contributed by atoms with Crippen molar-refractivity contribution in [2.24, 2.45) is 0 Å². The second-order valence-corrected chi connectivity index (χ2v) is 74.4. The maximum atomic E-state index is 9.47. The highest BCUT2D eigenvalue weighted by molar-refractivity contribution is 6.75. The van der Waals surface area contributed by atoms with Crippen LogP contribution in [-0.2, 0) is 31.6 Å². The van der Waals surface area contributed by atoms with E-state index in [0.717, 1.165) is 210 Å². The van der Waals surface area contributed by atoms with Gasteiger partial charge in [-0.3, -0.25) is 34.3 Å². The standard InChI is InChI=1S/C62H142N8O5Si4.C34H78N8O9.C14H34N2OSi/c1-29-33-67(34-30-2)41-37-63(17)53-57(54-64(18)38-42-68(35-31-3)36-32-4)75-58(55-65(19)39-43-69(45-49-71-76(21,22)59(5,6)7)46-50-72-77(23,24)60(8,9)10)56-66(20)40-44-70(47-51-73-78(25,26)61(11,12)13)48-52-74-79(27,28)62(14,15)16;1-35(5-9-39(13-21-43)14-22-44)29-33(30-36(2)6-10-40(15-23-45)16-24-46)51-34(31-37(3)7-11-41(17-25-47)18-26-48)32-38(4)8-12-42(19-27-49)20-28-50;1-8-10-16(11-9-15-5)12-13-17-18(6,7)14(2,3)4/h57-58H,29-56H2,1-28H3;33-34,43-50H,5-32H2,1-4H3;15H,8-13H2,1-7H3.